The van der Waals surface area contributed by atoms with E-state index in [-0.39, 0.29) is 43.2 Å². The molecule has 0 aliphatic carbocycles. The van der Waals surface area contributed by atoms with Gasteiger partial charge in [0.1, 0.15) is 26.2 Å². The lowest BCUT2D eigenvalue weighted by molar-refractivity contribution is -0.143. The van der Waals surface area contributed by atoms with E-state index < -0.39 is 51.9 Å². The van der Waals surface area contributed by atoms with Crippen molar-refractivity contribution in [3.63, 3.8) is 0 Å². The number of carbonyl (C=O) groups is 2. The van der Waals surface area contributed by atoms with Crippen molar-refractivity contribution in [3.8, 4) is 28.1 Å². The Kier molecular flexibility index (Phi) is 7.82. The molecule has 0 spiro atoms. The van der Waals surface area contributed by atoms with E-state index in [0.717, 1.165) is 12.1 Å². The minimum atomic E-state index is -4.99. The Morgan fingerprint density at radius 2 is 1.77 bits per heavy atom. The number of thiophene rings is 1. The van der Waals surface area contributed by atoms with Crippen molar-refractivity contribution in [2.45, 2.75) is 19.3 Å². The highest BCUT2D eigenvalue weighted by Crippen LogP contribution is 2.45. The normalized spacial score (nSPS) is 12.2. The number of ether oxygens (including phenoxy) is 1. The van der Waals surface area contributed by atoms with Crippen LogP contribution in [0.2, 0.25) is 5.02 Å². The highest BCUT2D eigenvalue weighted by atomic mass is 35.5. The van der Waals surface area contributed by atoms with Crippen LogP contribution in [0.4, 0.5) is 32.0 Å². The second kappa shape index (κ2) is 11.5. The van der Waals surface area contributed by atoms with E-state index in [1.165, 1.54) is 30.1 Å². The van der Waals surface area contributed by atoms with Gasteiger partial charge in [-0.05, 0) is 36.8 Å². The Hall–Kier alpha value is -5.23. The molecule has 3 N–H and O–H groups in total. The average molecular weight is 709 g/mol. The number of hydrogen-bond donors (Lipinski definition) is 2. The first kappa shape index (κ1) is 32.7. The number of anilines is 1. The molecular formula is C29H19ClF6N8O3S. The number of halogens is 7. The Morgan fingerprint density at radius 3 is 2.38 bits per heavy atom. The van der Waals surface area contributed by atoms with Crippen molar-refractivity contribution < 1.29 is 40.7 Å². The van der Waals surface area contributed by atoms with Gasteiger partial charge >= 0.3 is 12.4 Å². The first-order valence-electron chi connectivity index (χ1n) is 13.4. The van der Waals surface area contributed by atoms with E-state index in [1.54, 1.807) is 26.1 Å². The number of nitrogens with one attached hydrogen (secondary N) is 1. The fourth-order valence-electron chi connectivity index (χ4n) is 4.95. The molecule has 5 aromatic heterocycles. The third kappa shape index (κ3) is 5.55. The molecule has 48 heavy (non-hydrogen) atoms. The highest BCUT2D eigenvalue weighted by molar-refractivity contribution is 7.21. The Labute approximate surface area is 273 Å². The molecule has 0 aliphatic rings. The van der Waals surface area contributed by atoms with Gasteiger partial charge in [0.25, 0.3) is 11.8 Å². The van der Waals surface area contributed by atoms with Gasteiger partial charge in [0, 0.05) is 29.3 Å². The molecule has 0 aliphatic heterocycles. The summed E-state index contributed by atoms with van der Waals surface area (Å²) in [6, 6.07) is 7.51. The summed E-state index contributed by atoms with van der Waals surface area (Å²) in [7, 11) is 2.93. The molecule has 0 unspecified atom stereocenters. The minimum absolute atomic E-state index is 0.0953. The van der Waals surface area contributed by atoms with Gasteiger partial charge in [-0.15, -0.1) is 11.3 Å². The fraction of sp³-hybridized carbons (Fsp3) is 0.172. The molecule has 2 amide bonds. The monoisotopic (exact) mass is 708 g/mol. The summed E-state index contributed by atoms with van der Waals surface area (Å²) in [5.41, 5.74) is 1.98. The van der Waals surface area contributed by atoms with Gasteiger partial charge in [0.2, 0.25) is 0 Å². The molecule has 0 radical (unpaired) electrons. The van der Waals surface area contributed by atoms with Crippen LogP contribution >= 0.6 is 22.9 Å². The lowest BCUT2D eigenvalue weighted by atomic mass is 10.0. The van der Waals surface area contributed by atoms with E-state index in [9.17, 15) is 35.9 Å². The molecule has 11 nitrogen and oxygen atoms in total. The van der Waals surface area contributed by atoms with Gasteiger partial charge in [-0.2, -0.15) is 36.5 Å². The molecule has 0 bridgehead atoms. The van der Waals surface area contributed by atoms with Crippen molar-refractivity contribution >= 4 is 56.3 Å². The van der Waals surface area contributed by atoms with E-state index in [2.05, 4.69) is 25.5 Å². The van der Waals surface area contributed by atoms with Crippen LogP contribution in [0.3, 0.4) is 0 Å². The molecule has 0 atom stereocenters. The highest BCUT2D eigenvalue weighted by Gasteiger charge is 2.38. The summed E-state index contributed by atoms with van der Waals surface area (Å²) in [5, 5.41) is 9.59. The van der Waals surface area contributed by atoms with Crippen LogP contribution in [0.1, 0.15) is 37.2 Å². The van der Waals surface area contributed by atoms with Gasteiger partial charge in [-0.1, -0.05) is 23.7 Å². The Morgan fingerprint density at radius 1 is 1.04 bits per heavy atom. The SMILES string of the molecule is COc1cccc(-c2cc(C(F)(F)F)n3nc(C(=O)Nc4c(C(N)=O)sc5nc(C(F)(F)F)cc(-c6cnn(C)c6C)c45)c(Cl)c3n2)c1. The van der Waals surface area contributed by atoms with Crippen molar-refractivity contribution in [1.29, 1.82) is 0 Å². The number of aromatic nitrogens is 6. The quantitative estimate of drug-likeness (QED) is 0.182. The number of fused-ring (bicyclic) bond motifs is 2. The number of amides is 2. The number of hydrogen-bond acceptors (Lipinski definition) is 8. The van der Waals surface area contributed by atoms with Gasteiger partial charge in [-0.25, -0.2) is 14.5 Å². The van der Waals surface area contributed by atoms with Crippen LogP contribution in [-0.2, 0) is 19.4 Å². The zero-order valence-corrected chi connectivity index (χ0v) is 26.2. The van der Waals surface area contributed by atoms with Crippen LogP contribution in [0, 0.1) is 6.92 Å². The first-order chi connectivity index (χ1) is 22.5. The number of nitrogens with zero attached hydrogens (tertiary/aromatic N) is 6. The number of methoxy groups -OCH3 is 1. The molecule has 6 rings (SSSR count). The van der Waals surface area contributed by atoms with Crippen LogP contribution in [0.15, 0.2) is 42.6 Å². The molecule has 248 valence electrons. The van der Waals surface area contributed by atoms with Crippen LogP contribution < -0.4 is 15.8 Å². The lowest BCUT2D eigenvalue weighted by Crippen LogP contribution is -2.18. The summed E-state index contributed by atoms with van der Waals surface area (Å²) < 4.78 is 91.4. The van der Waals surface area contributed by atoms with E-state index in [0.29, 0.717) is 27.3 Å². The van der Waals surface area contributed by atoms with Gasteiger partial charge in [-0.3, -0.25) is 14.3 Å². The van der Waals surface area contributed by atoms with Crippen LogP contribution in [0.5, 0.6) is 5.75 Å². The summed E-state index contributed by atoms with van der Waals surface area (Å²) in [6.07, 6.45) is -8.59. The molecule has 6 aromatic rings. The van der Waals surface area contributed by atoms with Gasteiger partial charge in [0.05, 0.1) is 24.7 Å². The lowest BCUT2D eigenvalue weighted by Gasteiger charge is -2.12. The number of rotatable bonds is 6. The molecule has 0 saturated carbocycles. The van der Waals surface area contributed by atoms with E-state index >= 15 is 0 Å². The summed E-state index contributed by atoms with van der Waals surface area (Å²) in [6.45, 7) is 1.59. The fourth-order valence-corrected chi connectivity index (χ4v) is 6.21. The third-order valence-electron chi connectivity index (χ3n) is 7.34. The largest absolute Gasteiger partial charge is 0.497 e. The molecule has 0 fully saturated rings. The van der Waals surface area contributed by atoms with Gasteiger partial charge in [0.15, 0.2) is 17.0 Å². The maximum absolute atomic E-state index is 14.3. The van der Waals surface area contributed by atoms with Crippen LogP contribution in [0.25, 0.3) is 38.2 Å². The van der Waals surface area contributed by atoms with E-state index in [1.807, 2.05) is 0 Å². The standard InChI is InChI=1S/C29H19ClF6N8O3S/c1-11-15(10-38-43(11)2)14-8-17(28(31,32)33)40-27-19(14)21(23(48-27)24(37)45)41-26(46)22-20(30)25-39-16(12-5-4-6-13(7-12)47-3)9-18(29(34,35)36)44(25)42-22/h4-10H,1-3H3,(H2,37,45)(H,41,46). The Bertz CT molecular complexity index is 2290. The van der Waals surface area contributed by atoms with Crippen molar-refractivity contribution in [2.24, 2.45) is 12.8 Å². The van der Waals surface area contributed by atoms with Crippen LogP contribution in [-0.4, -0.2) is 48.3 Å². The smallest absolute Gasteiger partial charge is 0.433 e. The number of pyridine rings is 1. The number of aryl methyl sites for hydroxylation is 1. The number of benzene rings is 1. The Balaban J connectivity index is 1.54. The molecule has 1 aromatic carbocycles. The van der Waals surface area contributed by atoms with Gasteiger partial charge < -0.3 is 15.8 Å². The number of nitrogens with two attached hydrogens (primary N) is 1. The van der Waals surface area contributed by atoms with Crippen molar-refractivity contribution in [3.05, 3.63) is 75.3 Å². The first-order valence-corrected chi connectivity index (χ1v) is 14.6. The molecular weight excluding hydrogens is 690 g/mol. The zero-order chi connectivity index (χ0) is 34.9. The molecule has 5 heterocycles. The second-order valence-electron chi connectivity index (χ2n) is 10.3. The average Bonchev–Trinajstić information content (AvgIpc) is 3.68. The predicted molar refractivity (Wildman–Crippen MR) is 163 cm³/mol. The summed E-state index contributed by atoms with van der Waals surface area (Å²) in [4.78, 5) is 33.4. The topological polar surface area (TPSA) is 142 Å². The number of primary amides is 1. The van der Waals surface area contributed by atoms with E-state index in [4.69, 9.17) is 22.1 Å². The summed E-state index contributed by atoms with van der Waals surface area (Å²) in [5.74, 6) is -1.99. The third-order valence-corrected chi connectivity index (χ3v) is 8.79. The molecule has 19 heteroatoms. The van der Waals surface area contributed by atoms with Crippen molar-refractivity contribution in [1.82, 2.24) is 29.4 Å². The second-order valence-corrected chi connectivity index (χ2v) is 11.7. The maximum Gasteiger partial charge on any atom is 0.433 e. The summed E-state index contributed by atoms with van der Waals surface area (Å²) >= 11 is 6.92. The van der Waals surface area contributed by atoms with Crippen molar-refractivity contribution in [2.75, 3.05) is 12.4 Å². The predicted octanol–water partition coefficient (Wildman–Crippen LogP) is 6.77. The number of carbonyl (C=O) groups excluding carboxylic acids is 2. The maximum atomic E-state index is 14.3. The zero-order valence-electron chi connectivity index (χ0n) is 24.6. The minimum Gasteiger partial charge on any atom is -0.497 e. The number of alkyl halides is 6. The molecule has 0 saturated heterocycles.